The van der Waals surface area contributed by atoms with Gasteiger partial charge in [0.1, 0.15) is 0 Å². The van der Waals surface area contributed by atoms with Crippen LogP contribution in [0.1, 0.15) is 16.1 Å². The van der Waals surface area contributed by atoms with Crippen LogP contribution in [-0.2, 0) is 13.6 Å². The van der Waals surface area contributed by atoms with Gasteiger partial charge in [-0.2, -0.15) is 4.98 Å². The number of hydrogen-bond acceptors (Lipinski definition) is 6. The van der Waals surface area contributed by atoms with Gasteiger partial charge in [0.05, 0.1) is 6.20 Å². The van der Waals surface area contributed by atoms with Gasteiger partial charge >= 0.3 is 0 Å². The summed E-state index contributed by atoms with van der Waals surface area (Å²) in [5.74, 6) is -0.186. The first-order valence-electron chi connectivity index (χ1n) is 8.38. The fourth-order valence-electron chi connectivity index (χ4n) is 2.73. The summed E-state index contributed by atoms with van der Waals surface area (Å²) >= 11 is 0. The Balaban J connectivity index is 1.52. The van der Waals surface area contributed by atoms with Gasteiger partial charge in [0.2, 0.25) is 5.95 Å². The summed E-state index contributed by atoms with van der Waals surface area (Å²) in [6.07, 6.45) is 3.35. The molecule has 0 aliphatic heterocycles. The van der Waals surface area contributed by atoms with Gasteiger partial charge in [0.25, 0.3) is 5.91 Å². The molecule has 4 rings (SSSR count). The molecule has 136 valence electrons. The molecular formula is C18H18N8O. The Morgan fingerprint density at radius 3 is 2.78 bits per heavy atom. The minimum atomic E-state index is -0.402. The van der Waals surface area contributed by atoms with Crippen LogP contribution in [0.4, 0.5) is 11.6 Å². The van der Waals surface area contributed by atoms with Crippen LogP contribution in [0, 0.1) is 0 Å². The molecule has 3 aromatic heterocycles. The first-order valence-corrected chi connectivity index (χ1v) is 8.38. The molecule has 0 saturated heterocycles. The first kappa shape index (κ1) is 16.7. The van der Waals surface area contributed by atoms with Gasteiger partial charge in [0, 0.05) is 38.6 Å². The SMILES string of the molecule is CN(Cc1ccccc1)c1ccn2nc(NC(=O)c3cn(C)nn3)nc2c1. The molecule has 9 nitrogen and oxygen atoms in total. The Morgan fingerprint density at radius 1 is 1.22 bits per heavy atom. The van der Waals surface area contributed by atoms with Gasteiger partial charge in [0.15, 0.2) is 11.3 Å². The molecule has 0 bridgehead atoms. The molecule has 4 aromatic rings. The van der Waals surface area contributed by atoms with E-state index < -0.39 is 5.91 Å². The van der Waals surface area contributed by atoms with Crippen molar-refractivity contribution in [1.29, 1.82) is 0 Å². The van der Waals surface area contributed by atoms with E-state index in [2.05, 4.69) is 42.7 Å². The number of amides is 1. The zero-order valence-corrected chi connectivity index (χ0v) is 14.9. The predicted octanol–water partition coefficient (Wildman–Crippen LogP) is 1.75. The highest BCUT2D eigenvalue weighted by molar-refractivity contribution is 6.01. The van der Waals surface area contributed by atoms with Gasteiger partial charge < -0.3 is 4.90 Å². The highest BCUT2D eigenvalue weighted by atomic mass is 16.2. The van der Waals surface area contributed by atoms with E-state index in [4.69, 9.17) is 0 Å². The van der Waals surface area contributed by atoms with Crippen molar-refractivity contribution < 1.29 is 4.79 Å². The van der Waals surface area contributed by atoms with Crippen molar-refractivity contribution in [3.05, 3.63) is 66.1 Å². The minimum Gasteiger partial charge on any atom is -0.370 e. The molecule has 3 heterocycles. The number of hydrogen-bond donors (Lipinski definition) is 1. The Morgan fingerprint density at radius 2 is 2.04 bits per heavy atom. The van der Waals surface area contributed by atoms with Crippen LogP contribution in [0.5, 0.6) is 0 Å². The third-order valence-corrected chi connectivity index (χ3v) is 4.09. The number of carbonyl (C=O) groups is 1. The summed E-state index contributed by atoms with van der Waals surface area (Å²) in [6.45, 7) is 0.779. The van der Waals surface area contributed by atoms with Crippen molar-refractivity contribution in [1.82, 2.24) is 29.6 Å². The molecule has 0 aliphatic rings. The lowest BCUT2D eigenvalue weighted by atomic mass is 10.2. The number of benzene rings is 1. The maximum Gasteiger partial charge on any atom is 0.280 e. The highest BCUT2D eigenvalue weighted by Crippen LogP contribution is 2.18. The normalized spacial score (nSPS) is 10.9. The number of aromatic nitrogens is 6. The molecule has 0 spiro atoms. The van der Waals surface area contributed by atoms with Gasteiger partial charge in [-0.3, -0.25) is 14.8 Å². The van der Waals surface area contributed by atoms with Crippen molar-refractivity contribution in [3.63, 3.8) is 0 Å². The fourth-order valence-corrected chi connectivity index (χ4v) is 2.73. The van der Waals surface area contributed by atoms with Crippen LogP contribution in [0.3, 0.4) is 0 Å². The predicted molar refractivity (Wildman–Crippen MR) is 100 cm³/mol. The standard InChI is InChI=1S/C18H18N8O/c1-24(11-13-6-4-3-5-7-13)14-8-9-26-16(10-14)19-18(22-26)20-17(27)15-12-25(2)23-21-15/h3-10,12H,11H2,1-2H3,(H,20,22,27). The molecule has 27 heavy (non-hydrogen) atoms. The Hall–Kier alpha value is -3.75. The molecular weight excluding hydrogens is 344 g/mol. The average molecular weight is 362 g/mol. The van der Waals surface area contributed by atoms with Crippen molar-refractivity contribution in [2.24, 2.45) is 7.05 Å². The fraction of sp³-hybridized carbons (Fsp3) is 0.167. The van der Waals surface area contributed by atoms with Gasteiger partial charge in [-0.1, -0.05) is 35.5 Å². The van der Waals surface area contributed by atoms with Crippen molar-refractivity contribution >= 4 is 23.2 Å². The Labute approximate surface area is 155 Å². The van der Waals surface area contributed by atoms with Gasteiger partial charge in [-0.15, -0.1) is 10.2 Å². The molecule has 0 aliphatic carbocycles. The van der Waals surface area contributed by atoms with Crippen LogP contribution >= 0.6 is 0 Å². The molecule has 1 N–H and O–H groups in total. The number of nitrogens with one attached hydrogen (secondary N) is 1. The van der Waals surface area contributed by atoms with Gasteiger partial charge in [-0.25, -0.2) is 4.52 Å². The first-order chi connectivity index (χ1) is 13.1. The van der Waals surface area contributed by atoms with E-state index in [1.165, 1.54) is 16.4 Å². The summed E-state index contributed by atoms with van der Waals surface area (Å²) in [5, 5.41) is 14.4. The molecule has 0 atom stereocenters. The topological polar surface area (TPSA) is 93.2 Å². The lowest BCUT2D eigenvalue weighted by Gasteiger charge is -2.19. The molecule has 0 unspecified atom stereocenters. The lowest BCUT2D eigenvalue weighted by Crippen LogP contribution is -2.16. The smallest absolute Gasteiger partial charge is 0.280 e. The van der Waals surface area contributed by atoms with Crippen molar-refractivity contribution in [3.8, 4) is 0 Å². The summed E-state index contributed by atoms with van der Waals surface area (Å²) in [5.41, 5.74) is 3.07. The number of pyridine rings is 1. The molecule has 0 radical (unpaired) electrons. The Kier molecular flexibility index (Phi) is 4.25. The number of carbonyl (C=O) groups excluding carboxylic acids is 1. The molecule has 9 heteroatoms. The number of aryl methyl sites for hydroxylation is 1. The molecule has 1 aromatic carbocycles. The van der Waals surface area contributed by atoms with Gasteiger partial charge in [-0.05, 0) is 11.6 Å². The second-order valence-electron chi connectivity index (χ2n) is 6.20. The second-order valence-corrected chi connectivity index (χ2v) is 6.20. The third-order valence-electron chi connectivity index (χ3n) is 4.09. The quantitative estimate of drug-likeness (QED) is 0.581. The summed E-state index contributed by atoms with van der Waals surface area (Å²) in [6, 6.07) is 14.1. The van der Waals surface area contributed by atoms with Crippen molar-refractivity contribution in [2.45, 2.75) is 6.54 Å². The third kappa shape index (κ3) is 3.61. The van der Waals surface area contributed by atoms with E-state index >= 15 is 0 Å². The largest absolute Gasteiger partial charge is 0.370 e. The molecule has 0 fully saturated rings. The Bertz CT molecular complexity index is 1090. The second kappa shape index (κ2) is 6.87. The summed E-state index contributed by atoms with van der Waals surface area (Å²) in [4.78, 5) is 18.7. The van der Waals surface area contributed by atoms with Crippen molar-refractivity contribution in [2.75, 3.05) is 17.3 Å². The minimum absolute atomic E-state index is 0.208. The zero-order chi connectivity index (χ0) is 18.8. The van der Waals surface area contributed by atoms with Crippen LogP contribution in [0.25, 0.3) is 5.65 Å². The van der Waals surface area contributed by atoms with E-state index in [1.54, 1.807) is 11.6 Å². The number of fused-ring (bicyclic) bond motifs is 1. The van der Waals surface area contributed by atoms with Crippen LogP contribution in [0.15, 0.2) is 54.9 Å². The maximum absolute atomic E-state index is 12.2. The van der Waals surface area contributed by atoms with E-state index in [0.717, 1.165) is 12.2 Å². The van der Waals surface area contributed by atoms with E-state index in [9.17, 15) is 4.79 Å². The number of nitrogens with zero attached hydrogens (tertiary/aromatic N) is 7. The molecule has 0 saturated carbocycles. The lowest BCUT2D eigenvalue weighted by molar-refractivity contribution is 0.102. The highest BCUT2D eigenvalue weighted by Gasteiger charge is 2.14. The van der Waals surface area contributed by atoms with Crippen LogP contribution in [-0.4, -0.2) is 42.5 Å². The number of anilines is 2. The number of rotatable bonds is 5. The van der Waals surface area contributed by atoms with E-state index in [-0.39, 0.29) is 11.6 Å². The molecule has 1 amide bonds. The summed E-state index contributed by atoms with van der Waals surface area (Å²) in [7, 11) is 3.71. The monoisotopic (exact) mass is 362 g/mol. The average Bonchev–Trinajstić information content (AvgIpc) is 3.27. The summed E-state index contributed by atoms with van der Waals surface area (Å²) < 4.78 is 3.08. The van der Waals surface area contributed by atoms with Crippen LogP contribution < -0.4 is 10.2 Å². The maximum atomic E-state index is 12.2. The zero-order valence-electron chi connectivity index (χ0n) is 14.9. The van der Waals surface area contributed by atoms with E-state index in [1.807, 2.05) is 43.6 Å². The van der Waals surface area contributed by atoms with Crippen LogP contribution in [0.2, 0.25) is 0 Å². The van der Waals surface area contributed by atoms with E-state index in [0.29, 0.717) is 5.65 Å².